The number of carbonyl (C=O) groups is 1. The van der Waals surface area contributed by atoms with E-state index in [0.717, 1.165) is 22.4 Å². The predicted octanol–water partition coefficient (Wildman–Crippen LogP) is 4.95. The highest BCUT2D eigenvalue weighted by Gasteiger charge is 2.22. The molecule has 1 aromatic heterocycles. The van der Waals surface area contributed by atoms with E-state index in [1.165, 1.54) is 0 Å². The number of ether oxygens (including phenoxy) is 2. The molecule has 1 heterocycles. The summed E-state index contributed by atoms with van der Waals surface area (Å²) in [6.45, 7) is 10.2. The van der Waals surface area contributed by atoms with Crippen LogP contribution in [0, 0.1) is 19.8 Å². The van der Waals surface area contributed by atoms with Gasteiger partial charge in [-0.25, -0.2) is 4.68 Å². The summed E-state index contributed by atoms with van der Waals surface area (Å²) in [6, 6.07) is 13.5. The van der Waals surface area contributed by atoms with Crippen LogP contribution in [0.1, 0.15) is 42.4 Å². The van der Waals surface area contributed by atoms with Crippen LogP contribution in [-0.2, 0) is 0 Å². The van der Waals surface area contributed by atoms with Crippen LogP contribution >= 0.6 is 0 Å². The van der Waals surface area contributed by atoms with E-state index in [0.29, 0.717) is 28.8 Å². The molecule has 0 radical (unpaired) electrons. The number of amides is 1. The van der Waals surface area contributed by atoms with Crippen LogP contribution in [0.15, 0.2) is 42.5 Å². The van der Waals surface area contributed by atoms with E-state index in [9.17, 15) is 4.79 Å². The topological polar surface area (TPSA) is 65.4 Å². The molecule has 0 spiro atoms. The van der Waals surface area contributed by atoms with E-state index >= 15 is 0 Å². The zero-order valence-electron chi connectivity index (χ0n) is 19.3. The lowest BCUT2D eigenvalue weighted by Crippen LogP contribution is -2.37. The Hall–Kier alpha value is -3.28. The van der Waals surface area contributed by atoms with E-state index in [1.54, 1.807) is 18.9 Å². The third-order valence-electron chi connectivity index (χ3n) is 5.58. The van der Waals surface area contributed by atoms with Crippen molar-refractivity contribution in [2.24, 2.45) is 5.92 Å². The molecule has 6 heteroatoms. The summed E-state index contributed by atoms with van der Waals surface area (Å²) in [7, 11) is 3.22. The van der Waals surface area contributed by atoms with Crippen molar-refractivity contribution < 1.29 is 14.3 Å². The number of methoxy groups -OCH3 is 2. The Balaban J connectivity index is 2.17. The first-order chi connectivity index (χ1) is 14.7. The van der Waals surface area contributed by atoms with Crippen molar-refractivity contribution in [2.45, 2.75) is 40.7 Å². The van der Waals surface area contributed by atoms with Crippen LogP contribution in [0.2, 0.25) is 0 Å². The maximum Gasteiger partial charge on any atom is 0.270 e. The highest BCUT2D eigenvalue weighted by Crippen LogP contribution is 2.34. The minimum Gasteiger partial charge on any atom is -0.497 e. The van der Waals surface area contributed by atoms with Crippen molar-refractivity contribution in [3.05, 3.63) is 59.3 Å². The molecule has 0 aliphatic heterocycles. The minimum atomic E-state index is -0.159. The number of nitrogens with zero attached hydrogens (tertiary/aromatic N) is 2. The first-order valence-electron chi connectivity index (χ1n) is 10.5. The van der Waals surface area contributed by atoms with Crippen molar-refractivity contribution in [1.82, 2.24) is 15.1 Å². The van der Waals surface area contributed by atoms with Gasteiger partial charge in [0.15, 0.2) is 0 Å². The number of aryl methyl sites for hydroxylation is 2. The van der Waals surface area contributed by atoms with Crippen LogP contribution in [0.25, 0.3) is 16.9 Å². The molecule has 0 saturated heterocycles. The summed E-state index contributed by atoms with van der Waals surface area (Å²) < 4.78 is 12.6. The lowest BCUT2D eigenvalue weighted by molar-refractivity contribution is 0.0922. The maximum atomic E-state index is 13.2. The number of carbonyl (C=O) groups excluding carboxylic acids is 1. The summed E-state index contributed by atoms with van der Waals surface area (Å²) in [6.07, 6.45) is 0. The van der Waals surface area contributed by atoms with Crippen molar-refractivity contribution in [1.29, 1.82) is 0 Å². The fourth-order valence-electron chi connectivity index (χ4n) is 3.26. The average molecular weight is 422 g/mol. The number of rotatable bonds is 7. The van der Waals surface area contributed by atoms with Gasteiger partial charge in [0.05, 0.1) is 25.6 Å². The Morgan fingerprint density at radius 1 is 1.00 bits per heavy atom. The number of benzene rings is 2. The first kappa shape index (κ1) is 22.4. The van der Waals surface area contributed by atoms with Crippen LogP contribution in [-0.4, -0.2) is 35.9 Å². The molecule has 1 N–H and O–H groups in total. The van der Waals surface area contributed by atoms with E-state index in [1.807, 2.05) is 57.2 Å². The number of hydrogen-bond donors (Lipinski definition) is 1. The Bertz CT molecular complexity index is 1090. The van der Waals surface area contributed by atoms with Gasteiger partial charge in [-0.05, 0) is 62.1 Å². The summed E-state index contributed by atoms with van der Waals surface area (Å²) in [5.41, 5.74) is 4.94. The molecule has 164 valence electrons. The van der Waals surface area contributed by atoms with Gasteiger partial charge in [0, 0.05) is 17.7 Å². The molecule has 3 rings (SSSR count). The molecule has 0 unspecified atom stereocenters. The normalized spacial score (nSPS) is 12.0. The SMILES string of the molecule is COc1ccc(-c2cc(C(=O)N[C@@H](C)C(C)C)n(-c3cc(C)ccc3C)n2)c(OC)c1. The van der Waals surface area contributed by atoms with E-state index < -0.39 is 0 Å². The van der Waals surface area contributed by atoms with E-state index in [-0.39, 0.29) is 11.9 Å². The Morgan fingerprint density at radius 3 is 2.39 bits per heavy atom. The second-order valence-corrected chi connectivity index (χ2v) is 8.19. The molecule has 2 aromatic carbocycles. The molecule has 1 atom stereocenters. The zero-order chi connectivity index (χ0) is 22.7. The molecule has 31 heavy (non-hydrogen) atoms. The lowest BCUT2D eigenvalue weighted by Gasteiger charge is -2.18. The molecular formula is C25H31N3O3. The molecule has 0 fully saturated rings. The van der Waals surface area contributed by atoms with Gasteiger partial charge in [0.2, 0.25) is 0 Å². The first-order valence-corrected chi connectivity index (χ1v) is 10.5. The lowest BCUT2D eigenvalue weighted by atomic mass is 10.1. The van der Waals surface area contributed by atoms with E-state index in [2.05, 4.69) is 25.2 Å². The Labute approximate surface area is 184 Å². The minimum absolute atomic E-state index is 0.0356. The second kappa shape index (κ2) is 9.25. The predicted molar refractivity (Wildman–Crippen MR) is 123 cm³/mol. The number of aromatic nitrogens is 2. The van der Waals surface area contributed by atoms with Gasteiger partial charge < -0.3 is 14.8 Å². The van der Waals surface area contributed by atoms with Gasteiger partial charge in [-0.2, -0.15) is 5.10 Å². The maximum absolute atomic E-state index is 13.2. The van der Waals surface area contributed by atoms with Gasteiger partial charge in [-0.15, -0.1) is 0 Å². The monoisotopic (exact) mass is 421 g/mol. The molecule has 0 bridgehead atoms. The van der Waals surface area contributed by atoms with Crippen molar-refractivity contribution in [3.63, 3.8) is 0 Å². The molecular weight excluding hydrogens is 390 g/mol. The molecule has 0 aliphatic carbocycles. The molecule has 3 aromatic rings. The highest BCUT2D eigenvalue weighted by molar-refractivity contribution is 5.95. The van der Waals surface area contributed by atoms with Gasteiger partial charge in [-0.1, -0.05) is 26.0 Å². The fourth-order valence-corrected chi connectivity index (χ4v) is 3.26. The van der Waals surface area contributed by atoms with Crippen LogP contribution in [0.5, 0.6) is 11.5 Å². The summed E-state index contributed by atoms with van der Waals surface area (Å²) >= 11 is 0. The Kier molecular flexibility index (Phi) is 6.68. The van der Waals surface area contributed by atoms with Crippen molar-refractivity contribution in [3.8, 4) is 28.4 Å². The van der Waals surface area contributed by atoms with Crippen LogP contribution in [0.4, 0.5) is 0 Å². The highest BCUT2D eigenvalue weighted by atomic mass is 16.5. The van der Waals surface area contributed by atoms with Crippen LogP contribution < -0.4 is 14.8 Å². The van der Waals surface area contributed by atoms with Crippen molar-refractivity contribution in [2.75, 3.05) is 14.2 Å². The van der Waals surface area contributed by atoms with Gasteiger partial charge in [0.1, 0.15) is 17.2 Å². The van der Waals surface area contributed by atoms with E-state index in [4.69, 9.17) is 14.6 Å². The van der Waals surface area contributed by atoms with Gasteiger partial charge in [-0.3, -0.25) is 4.79 Å². The largest absolute Gasteiger partial charge is 0.497 e. The molecule has 0 saturated carbocycles. The third-order valence-corrected chi connectivity index (χ3v) is 5.58. The summed E-state index contributed by atoms with van der Waals surface area (Å²) in [5, 5.41) is 7.93. The number of nitrogens with one attached hydrogen (secondary N) is 1. The standard InChI is InChI=1S/C25H31N3O3/c1-15(2)18(5)26-25(29)23-14-21(20-11-10-19(30-6)13-24(20)31-7)27-28(23)22-12-16(3)8-9-17(22)4/h8-15,18H,1-7H3,(H,26,29)/t18-/m0/s1. The smallest absolute Gasteiger partial charge is 0.270 e. The third kappa shape index (κ3) is 4.74. The molecule has 0 aliphatic rings. The number of hydrogen-bond acceptors (Lipinski definition) is 4. The van der Waals surface area contributed by atoms with Crippen molar-refractivity contribution >= 4 is 5.91 Å². The Morgan fingerprint density at radius 2 is 1.74 bits per heavy atom. The van der Waals surface area contributed by atoms with Crippen LogP contribution in [0.3, 0.4) is 0 Å². The van der Waals surface area contributed by atoms with Gasteiger partial charge in [0.25, 0.3) is 5.91 Å². The average Bonchev–Trinajstić information content (AvgIpc) is 3.19. The second-order valence-electron chi connectivity index (χ2n) is 8.19. The quantitative estimate of drug-likeness (QED) is 0.586. The fraction of sp³-hybridized carbons (Fsp3) is 0.360. The molecule has 6 nitrogen and oxygen atoms in total. The molecule has 1 amide bonds. The summed E-state index contributed by atoms with van der Waals surface area (Å²) in [4.78, 5) is 13.2. The summed E-state index contributed by atoms with van der Waals surface area (Å²) in [5.74, 6) is 1.49. The zero-order valence-corrected chi connectivity index (χ0v) is 19.3. The van der Waals surface area contributed by atoms with Gasteiger partial charge >= 0.3 is 0 Å².